The van der Waals surface area contributed by atoms with Crippen molar-refractivity contribution in [2.45, 2.75) is 76.1 Å². The number of nitrogens with zero attached hydrogens (tertiary/aromatic N) is 4. The average molecular weight is 649 g/mol. The number of benzene rings is 2. The predicted molar refractivity (Wildman–Crippen MR) is 180 cm³/mol. The molecule has 1 unspecified atom stereocenters. The van der Waals surface area contributed by atoms with Crippen LogP contribution in [-0.2, 0) is 30.2 Å². The van der Waals surface area contributed by atoms with Crippen LogP contribution in [0.1, 0.15) is 64.4 Å². The Labute approximate surface area is 271 Å². The predicted octanol–water partition coefficient (Wildman–Crippen LogP) is 4.17. The molecule has 0 saturated carbocycles. The number of imide groups is 1. The lowest BCUT2D eigenvalue weighted by molar-refractivity contribution is -0.134. The molecular formula is C34H44N6O5S. The third-order valence-electron chi connectivity index (χ3n) is 9.95. The van der Waals surface area contributed by atoms with Crippen LogP contribution in [0.5, 0.6) is 0 Å². The van der Waals surface area contributed by atoms with Gasteiger partial charge in [-0.2, -0.15) is 4.31 Å². The molecule has 1 atom stereocenters. The van der Waals surface area contributed by atoms with Gasteiger partial charge in [0.15, 0.2) is 0 Å². The Bertz CT molecular complexity index is 1670. The molecule has 2 N–H and O–H groups in total. The van der Waals surface area contributed by atoms with Crippen molar-refractivity contribution in [1.29, 1.82) is 0 Å². The van der Waals surface area contributed by atoms with Crippen molar-refractivity contribution in [3.05, 3.63) is 60.4 Å². The highest BCUT2D eigenvalue weighted by molar-refractivity contribution is 7.88. The second-order valence-corrected chi connectivity index (χ2v) is 15.4. The molecule has 2 aromatic carbocycles. The molecule has 0 bridgehead atoms. The summed E-state index contributed by atoms with van der Waals surface area (Å²) < 4.78 is 28.3. The number of hydrogen-bond acceptors (Lipinski definition) is 8. The van der Waals surface area contributed by atoms with Crippen molar-refractivity contribution in [3.8, 4) is 0 Å². The van der Waals surface area contributed by atoms with Gasteiger partial charge in [-0.15, -0.1) is 0 Å². The molecule has 12 heteroatoms. The number of carbonyl (C=O) groups is 3. The number of nitrogens with one attached hydrogen (secondary N) is 2. The molecule has 0 aliphatic carbocycles. The highest BCUT2D eigenvalue weighted by Crippen LogP contribution is 2.44. The largest absolute Gasteiger partial charge is 0.371 e. The van der Waals surface area contributed by atoms with Gasteiger partial charge >= 0.3 is 0 Å². The van der Waals surface area contributed by atoms with Gasteiger partial charge in [0.05, 0.1) is 17.1 Å². The Hall–Kier alpha value is -3.90. The first-order chi connectivity index (χ1) is 21.8. The van der Waals surface area contributed by atoms with Crippen molar-refractivity contribution >= 4 is 50.5 Å². The van der Waals surface area contributed by atoms with Crippen LogP contribution in [0.15, 0.2) is 54.9 Å². The Morgan fingerprint density at radius 1 is 1.02 bits per heavy atom. The summed E-state index contributed by atoms with van der Waals surface area (Å²) in [6.07, 6.45) is 4.87. The lowest BCUT2D eigenvalue weighted by Crippen LogP contribution is -2.52. The molecule has 3 fully saturated rings. The Morgan fingerprint density at radius 3 is 2.50 bits per heavy atom. The number of fused-ring (bicyclic) bond motifs is 1. The second kappa shape index (κ2) is 12.4. The van der Waals surface area contributed by atoms with Crippen molar-refractivity contribution in [2.24, 2.45) is 5.92 Å². The summed E-state index contributed by atoms with van der Waals surface area (Å²) in [6, 6.07) is 12.8. The highest BCUT2D eigenvalue weighted by Gasteiger charge is 2.40. The number of hydrogen-bond donors (Lipinski definition) is 2. The maximum atomic E-state index is 13.3. The number of piperidine rings is 3. The molecule has 4 aliphatic heterocycles. The summed E-state index contributed by atoms with van der Waals surface area (Å²) in [6.45, 7) is 10.2. The molecule has 246 valence electrons. The monoisotopic (exact) mass is 648 g/mol. The van der Waals surface area contributed by atoms with E-state index in [9.17, 15) is 22.8 Å². The zero-order valence-corrected chi connectivity index (χ0v) is 27.7. The normalized spacial score (nSPS) is 22.5. The van der Waals surface area contributed by atoms with Crippen LogP contribution in [0.2, 0.25) is 0 Å². The van der Waals surface area contributed by atoms with Crippen LogP contribution >= 0.6 is 0 Å². The zero-order valence-electron chi connectivity index (χ0n) is 26.9. The molecule has 0 spiro atoms. The lowest BCUT2D eigenvalue weighted by atomic mass is 9.93. The first kappa shape index (κ1) is 32.1. The van der Waals surface area contributed by atoms with Crippen LogP contribution in [0, 0.1) is 5.92 Å². The number of sulfonamides is 1. The topological polar surface area (TPSA) is 122 Å². The fraction of sp³-hybridized carbons (Fsp3) is 0.500. The number of anilines is 4. The summed E-state index contributed by atoms with van der Waals surface area (Å²) in [5, 5.41) is 5.48. The molecule has 2 aromatic rings. The molecule has 0 aromatic heterocycles. The third kappa shape index (κ3) is 6.24. The fourth-order valence-corrected chi connectivity index (χ4v) is 9.33. The number of amides is 3. The summed E-state index contributed by atoms with van der Waals surface area (Å²) in [7, 11) is -1.57. The van der Waals surface area contributed by atoms with Crippen molar-refractivity contribution in [1.82, 2.24) is 9.62 Å². The van der Waals surface area contributed by atoms with E-state index >= 15 is 0 Å². The van der Waals surface area contributed by atoms with E-state index < -0.39 is 21.6 Å². The van der Waals surface area contributed by atoms with Crippen LogP contribution in [0.25, 0.3) is 0 Å². The maximum Gasteiger partial charge on any atom is 0.249 e. The second-order valence-electron chi connectivity index (χ2n) is 13.5. The minimum absolute atomic E-state index is 0.0540. The lowest BCUT2D eigenvalue weighted by Gasteiger charge is -2.41. The summed E-state index contributed by atoms with van der Waals surface area (Å²) in [5.74, 6) is -0.161. The van der Waals surface area contributed by atoms with E-state index in [1.165, 1.54) is 0 Å². The van der Waals surface area contributed by atoms with Crippen molar-refractivity contribution in [2.75, 3.05) is 46.7 Å². The third-order valence-corrected chi connectivity index (χ3v) is 12.0. The van der Waals surface area contributed by atoms with Gasteiger partial charge in [-0.3, -0.25) is 19.7 Å². The minimum atomic E-state index is -3.49. The minimum Gasteiger partial charge on any atom is -0.371 e. The van der Waals surface area contributed by atoms with Crippen molar-refractivity contribution in [3.63, 3.8) is 0 Å². The molecule has 4 aliphatic rings. The van der Waals surface area contributed by atoms with Gasteiger partial charge in [-0.25, -0.2) is 8.42 Å². The van der Waals surface area contributed by atoms with Gasteiger partial charge in [0.25, 0.3) is 0 Å². The van der Waals surface area contributed by atoms with E-state index in [-0.39, 0.29) is 29.4 Å². The molecule has 6 rings (SSSR count). The Kier molecular flexibility index (Phi) is 8.62. The summed E-state index contributed by atoms with van der Waals surface area (Å²) in [4.78, 5) is 43.7. The van der Waals surface area contributed by atoms with Crippen LogP contribution in [-0.4, -0.2) is 68.7 Å². The Balaban J connectivity index is 1.07. The molecule has 3 saturated heterocycles. The van der Waals surface area contributed by atoms with E-state index in [0.29, 0.717) is 62.4 Å². The zero-order chi connectivity index (χ0) is 32.8. The van der Waals surface area contributed by atoms with Gasteiger partial charge in [0.1, 0.15) is 11.9 Å². The van der Waals surface area contributed by atoms with Crippen LogP contribution < -0.4 is 25.3 Å². The van der Waals surface area contributed by atoms with Crippen molar-refractivity contribution < 1.29 is 22.8 Å². The number of carbonyl (C=O) groups excluding carboxylic acids is 3. The highest BCUT2D eigenvalue weighted by atomic mass is 32.2. The first-order valence-corrected chi connectivity index (χ1v) is 17.8. The van der Waals surface area contributed by atoms with Crippen LogP contribution in [0.3, 0.4) is 0 Å². The fourth-order valence-electron chi connectivity index (χ4n) is 7.32. The van der Waals surface area contributed by atoms with Gasteiger partial charge in [0.2, 0.25) is 27.7 Å². The molecular weight excluding hydrogens is 604 g/mol. The van der Waals surface area contributed by atoms with E-state index in [2.05, 4.69) is 28.2 Å². The summed E-state index contributed by atoms with van der Waals surface area (Å²) in [5.41, 5.74) is 3.74. The quantitative estimate of drug-likeness (QED) is 0.430. The Morgan fingerprint density at radius 2 is 1.78 bits per heavy atom. The average Bonchev–Trinajstić information content (AvgIpc) is 3.25. The smallest absolute Gasteiger partial charge is 0.249 e. The standard InChI is InChI=1S/C34H44N6O5S/c1-23-37(4)30-21-27(10-11-28(30)40(23)29-12-13-31(41)36-33(29)43)38-18-14-25(15-19-38)32(42)35-26-9-7-8-24(20-26)22-46(44,45)39-17-6-5-16-34(39,2)3/h7-11,20-21,25,29H,1,5-6,12-19,22H2,2-4H3,(H,35,42)(H,36,41,43). The van der Waals surface area contributed by atoms with Gasteiger partial charge in [0, 0.05) is 55.9 Å². The van der Waals surface area contributed by atoms with E-state index in [4.69, 9.17) is 0 Å². The van der Waals surface area contributed by atoms with Gasteiger partial charge in [-0.05, 0) is 81.8 Å². The van der Waals surface area contributed by atoms with E-state index in [1.807, 2.05) is 42.8 Å². The number of rotatable bonds is 7. The molecule has 4 heterocycles. The van der Waals surface area contributed by atoms with Crippen LogP contribution in [0.4, 0.5) is 22.7 Å². The van der Waals surface area contributed by atoms with E-state index in [1.54, 1.807) is 28.6 Å². The molecule has 11 nitrogen and oxygen atoms in total. The summed E-state index contributed by atoms with van der Waals surface area (Å²) >= 11 is 0. The SMILES string of the molecule is C=C1N(C)c2cc(N3CCC(C(=O)Nc4cccc(CS(=O)(=O)N5CCCCC5(C)C)c4)CC3)ccc2N1C1CCC(=O)NC1=O. The molecule has 46 heavy (non-hydrogen) atoms. The van der Waals surface area contributed by atoms with E-state index in [0.717, 1.165) is 36.3 Å². The maximum absolute atomic E-state index is 13.3. The van der Waals surface area contributed by atoms with Gasteiger partial charge < -0.3 is 20.0 Å². The molecule has 3 amide bonds. The van der Waals surface area contributed by atoms with Gasteiger partial charge in [-0.1, -0.05) is 25.1 Å². The first-order valence-electron chi connectivity index (χ1n) is 16.2. The molecule has 0 radical (unpaired) electrons.